The van der Waals surface area contributed by atoms with Gasteiger partial charge < -0.3 is 10.1 Å². The van der Waals surface area contributed by atoms with E-state index in [1.807, 2.05) is 28.8 Å². The monoisotopic (exact) mass is 436 g/mol. The second-order valence-electron chi connectivity index (χ2n) is 8.05. The van der Waals surface area contributed by atoms with Crippen LogP contribution in [-0.2, 0) is 10.2 Å². The number of benzene rings is 2. The number of nitrogens with zero attached hydrogens (tertiary/aromatic N) is 3. The fourth-order valence-electron chi connectivity index (χ4n) is 3.00. The summed E-state index contributed by atoms with van der Waals surface area (Å²) < 4.78 is 7.26. The Kier molecular flexibility index (Phi) is 7.17. The molecule has 6 nitrogen and oxygen atoms in total. The number of nitrogens with one attached hydrogen (secondary N) is 1. The van der Waals surface area contributed by atoms with Crippen molar-refractivity contribution in [1.82, 2.24) is 20.1 Å². The zero-order chi connectivity index (χ0) is 22.4. The number of thioether (sulfide) groups is 1. The molecular weight excluding hydrogens is 408 g/mol. The molecule has 162 valence electrons. The molecule has 1 aromatic heterocycles. The number of hydrogen-bond donors (Lipinski definition) is 1. The van der Waals surface area contributed by atoms with E-state index in [0.29, 0.717) is 11.7 Å². The maximum Gasteiger partial charge on any atom is 0.230 e. The van der Waals surface area contributed by atoms with Gasteiger partial charge in [-0.15, -0.1) is 16.8 Å². The Balaban J connectivity index is 1.97. The summed E-state index contributed by atoms with van der Waals surface area (Å²) in [5.74, 6) is 1.65. The van der Waals surface area contributed by atoms with E-state index in [1.54, 1.807) is 13.2 Å². The van der Waals surface area contributed by atoms with Crippen LogP contribution in [0.25, 0.3) is 17.1 Å². The van der Waals surface area contributed by atoms with E-state index >= 15 is 0 Å². The molecule has 0 atom stereocenters. The molecule has 0 saturated carbocycles. The first-order valence-corrected chi connectivity index (χ1v) is 11.0. The van der Waals surface area contributed by atoms with Gasteiger partial charge in [-0.3, -0.25) is 9.36 Å². The lowest BCUT2D eigenvalue weighted by Gasteiger charge is -2.19. The maximum atomic E-state index is 12.1. The summed E-state index contributed by atoms with van der Waals surface area (Å²) in [6.45, 7) is 10.6. The van der Waals surface area contributed by atoms with Crippen LogP contribution in [0.2, 0.25) is 0 Å². The third-order valence-electron chi connectivity index (χ3n) is 4.75. The molecule has 7 heteroatoms. The molecule has 1 N–H and O–H groups in total. The summed E-state index contributed by atoms with van der Waals surface area (Å²) in [6.07, 6.45) is 1.65. The Morgan fingerprint density at radius 2 is 1.81 bits per heavy atom. The second kappa shape index (κ2) is 9.83. The molecule has 3 rings (SSSR count). The lowest BCUT2D eigenvalue weighted by Crippen LogP contribution is -2.25. The average molecular weight is 437 g/mol. The highest BCUT2D eigenvalue weighted by atomic mass is 32.2. The molecule has 0 unspecified atom stereocenters. The summed E-state index contributed by atoms with van der Waals surface area (Å²) in [7, 11) is 1.64. The van der Waals surface area contributed by atoms with Crippen molar-refractivity contribution in [3.05, 3.63) is 66.7 Å². The van der Waals surface area contributed by atoms with Crippen molar-refractivity contribution in [2.45, 2.75) is 31.3 Å². The van der Waals surface area contributed by atoms with Crippen molar-refractivity contribution in [3.8, 4) is 22.8 Å². The number of rotatable bonds is 8. The molecule has 2 aromatic carbocycles. The molecule has 0 bridgehead atoms. The van der Waals surface area contributed by atoms with Crippen LogP contribution in [0.1, 0.15) is 26.3 Å². The van der Waals surface area contributed by atoms with Gasteiger partial charge in [0.25, 0.3) is 0 Å². The van der Waals surface area contributed by atoms with E-state index in [0.717, 1.165) is 22.8 Å². The summed E-state index contributed by atoms with van der Waals surface area (Å²) in [4.78, 5) is 12.1. The predicted molar refractivity (Wildman–Crippen MR) is 126 cm³/mol. The molecule has 0 fully saturated rings. The van der Waals surface area contributed by atoms with Gasteiger partial charge in [0.15, 0.2) is 11.0 Å². The van der Waals surface area contributed by atoms with Gasteiger partial charge in [0.1, 0.15) is 5.75 Å². The Bertz CT molecular complexity index is 1030. The van der Waals surface area contributed by atoms with Crippen LogP contribution in [0.15, 0.2) is 66.3 Å². The van der Waals surface area contributed by atoms with Crippen LogP contribution >= 0.6 is 11.8 Å². The van der Waals surface area contributed by atoms with Crippen molar-refractivity contribution in [1.29, 1.82) is 0 Å². The summed E-state index contributed by atoms with van der Waals surface area (Å²) in [5.41, 5.74) is 3.18. The van der Waals surface area contributed by atoms with E-state index in [-0.39, 0.29) is 17.1 Å². The lowest BCUT2D eigenvalue weighted by molar-refractivity contribution is -0.118. The van der Waals surface area contributed by atoms with Crippen LogP contribution in [0.5, 0.6) is 5.75 Å². The molecule has 0 aliphatic rings. The molecule has 0 spiro atoms. The zero-order valence-electron chi connectivity index (χ0n) is 18.4. The summed E-state index contributed by atoms with van der Waals surface area (Å²) in [6, 6.07) is 16.1. The van der Waals surface area contributed by atoms with Gasteiger partial charge in [0, 0.05) is 17.8 Å². The molecule has 3 aromatic rings. The smallest absolute Gasteiger partial charge is 0.230 e. The van der Waals surface area contributed by atoms with Crippen molar-refractivity contribution in [2.75, 3.05) is 19.4 Å². The lowest BCUT2D eigenvalue weighted by atomic mass is 9.87. The largest absolute Gasteiger partial charge is 0.497 e. The minimum Gasteiger partial charge on any atom is -0.497 e. The van der Waals surface area contributed by atoms with Gasteiger partial charge in [-0.25, -0.2) is 0 Å². The molecule has 0 radical (unpaired) electrons. The number of carbonyl (C=O) groups is 1. The fourth-order valence-corrected chi connectivity index (χ4v) is 3.78. The summed E-state index contributed by atoms with van der Waals surface area (Å²) >= 11 is 1.35. The second-order valence-corrected chi connectivity index (χ2v) is 8.99. The Morgan fingerprint density at radius 3 is 2.39 bits per heavy atom. The molecule has 1 amide bonds. The molecule has 31 heavy (non-hydrogen) atoms. The van der Waals surface area contributed by atoms with Crippen LogP contribution in [-0.4, -0.2) is 40.1 Å². The molecule has 0 aliphatic heterocycles. The first-order chi connectivity index (χ1) is 14.8. The number of amides is 1. The normalized spacial score (nSPS) is 11.2. The number of ether oxygens (including phenoxy) is 1. The molecule has 0 saturated heterocycles. The van der Waals surface area contributed by atoms with Gasteiger partial charge in [-0.1, -0.05) is 62.9 Å². The van der Waals surface area contributed by atoms with Gasteiger partial charge in [0.05, 0.1) is 12.9 Å². The standard InChI is InChI=1S/C24H28N4O2S/c1-6-15-25-21(29)16-31-23-27-26-22(17-7-9-18(10-8-17)24(2,3)4)28(23)19-11-13-20(30-5)14-12-19/h6-14H,1,15-16H2,2-5H3,(H,25,29). The Hall–Kier alpha value is -3.06. The van der Waals surface area contributed by atoms with Crippen LogP contribution in [0.3, 0.4) is 0 Å². The number of hydrogen-bond acceptors (Lipinski definition) is 5. The van der Waals surface area contributed by atoms with Crippen molar-refractivity contribution >= 4 is 17.7 Å². The topological polar surface area (TPSA) is 69.0 Å². The highest BCUT2D eigenvalue weighted by Gasteiger charge is 2.19. The van der Waals surface area contributed by atoms with Crippen molar-refractivity contribution in [2.24, 2.45) is 0 Å². The Morgan fingerprint density at radius 1 is 1.13 bits per heavy atom. The minimum absolute atomic E-state index is 0.0714. The van der Waals surface area contributed by atoms with E-state index < -0.39 is 0 Å². The van der Waals surface area contributed by atoms with Crippen LogP contribution in [0, 0.1) is 0 Å². The quantitative estimate of drug-likeness (QED) is 0.412. The van der Waals surface area contributed by atoms with Gasteiger partial charge in [-0.2, -0.15) is 0 Å². The average Bonchev–Trinajstić information content (AvgIpc) is 3.19. The number of aromatic nitrogens is 3. The van der Waals surface area contributed by atoms with Gasteiger partial charge in [-0.05, 0) is 35.2 Å². The first-order valence-electron chi connectivity index (χ1n) is 10.0. The Labute approximate surface area is 187 Å². The number of methoxy groups -OCH3 is 1. The van der Waals surface area contributed by atoms with E-state index in [4.69, 9.17) is 4.74 Å². The SMILES string of the molecule is C=CCNC(=O)CSc1nnc(-c2ccc(C(C)(C)C)cc2)n1-c1ccc(OC)cc1. The molecule has 0 aliphatic carbocycles. The molecular formula is C24H28N4O2S. The van der Waals surface area contributed by atoms with E-state index in [1.165, 1.54) is 17.3 Å². The van der Waals surface area contributed by atoms with Crippen LogP contribution < -0.4 is 10.1 Å². The van der Waals surface area contributed by atoms with Gasteiger partial charge >= 0.3 is 0 Å². The summed E-state index contributed by atoms with van der Waals surface area (Å²) in [5, 5.41) is 12.3. The van der Waals surface area contributed by atoms with Crippen molar-refractivity contribution in [3.63, 3.8) is 0 Å². The highest BCUT2D eigenvalue weighted by Crippen LogP contribution is 2.30. The van der Waals surface area contributed by atoms with Crippen molar-refractivity contribution < 1.29 is 9.53 Å². The van der Waals surface area contributed by atoms with E-state index in [9.17, 15) is 4.79 Å². The van der Waals surface area contributed by atoms with Gasteiger partial charge in [0.2, 0.25) is 5.91 Å². The third kappa shape index (κ3) is 5.55. The fraction of sp³-hybridized carbons (Fsp3) is 0.292. The van der Waals surface area contributed by atoms with Crippen LogP contribution in [0.4, 0.5) is 0 Å². The van der Waals surface area contributed by atoms with E-state index in [2.05, 4.69) is 67.1 Å². The maximum absolute atomic E-state index is 12.1. The number of carbonyl (C=O) groups excluding carboxylic acids is 1. The highest BCUT2D eigenvalue weighted by molar-refractivity contribution is 7.99. The minimum atomic E-state index is -0.0785. The molecule has 1 heterocycles. The zero-order valence-corrected chi connectivity index (χ0v) is 19.2. The third-order valence-corrected chi connectivity index (χ3v) is 5.68. The first kappa shape index (κ1) is 22.6. The predicted octanol–water partition coefficient (Wildman–Crippen LogP) is 4.63.